The number of benzene rings is 1. The van der Waals surface area contributed by atoms with Gasteiger partial charge in [-0.2, -0.15) is 0 Å². The number of hydrogen-bond donors (Lipinski definition) is 2. The van der Waals surface area contributed by atoms with Gasteiger partial charge in [0.2, 0.25) is 11.8 Å². The van der Waals surface area contributed by atoms with Crippen molar-refractivity contribution in [3.8, 4) is 0 Å². The van der Waals surface area contributed by atoms with E-state index in [-0.39, 0.29) is 18.4 Å². The number of anilines is 1. The molecule has 1 rings (SSSR count). The number of carbonyl (C=O) groups is 2. The molecule has 1 aromatic carbocycles. The van der Waals surface area contributed by atoms with Gasteiger partial charge in [-0.05, 0) is 37.0 Å². The molecule has 0 aromatic heterocycles. The zero-order valence-electron chi connectivity index (χ0n) is 14.2. The SMILES string of the molecule is CCc1ccc(CC)c(NCC(=O)NC(C)C(=O)N(C)C)c1. The van der Waals surface area contributed by atoms with Crippen LogP contribution >= 0.6 is 0 Å². The van der Waals surface area contributed by atoms with E-state index >= 15 is 0 Å². The molecule has 0 saturated heterocycles. The van der Waals surface area contributed by atoms with Crippen molar-refractivity contribution < 1.29 is 9.59 Å². The first-order valence-corrected chi connectivity index (χ1v) is 7.75. The summed E-state index contributed by atoms with van der Waals surface area (Å²) in [6.07, 6.45) is 1.86. The Hall–Kier alpha value is -2.04. The third-order valence-electron chi connectivity index (χ3n) is 3.59. The molecule has 0 aliphatic rings. The first kappa shape index (κ1) is 18.0. The van der Waals surface area contributed by atoms with Crippen molar-refractivity contribution in [3.05, 3.63) is 29.3 Å². The maximum atomic E-state index is 12.0. The number of rotatable bonds is 7. The second kappa shape index (κ2) is 8.41. The van der Waals surface area contributed by atoms with Crippen molar-refractivity contribution in [2.75, 3.05) is 26.0 Å². The van der Waals surface area contributed by atoms with Gasteiger partial charge in [0.1, 0.15) is 6.04 Å². The lowest BCUT2D eigenvalue weighted by molar-refractivity contribution is -0.133. The number of likely N-dealkylation sites (N-methyl/N-ethyl adjacent to an activating group) is 1. The molecule has 2 amide bonds. The van der Waals surface area contributed by atoms with E-state index in [0.717, 1.165) is 18.5 Å². The van der Waals surface area contributed by atoms with Crippen molar-refractivity contribution in [2.45, 2.75) is 39.7 Å². The molecular formula is C17H27N3O2. The summed E-state index contributed by atoms with van der Waals surface area (Å²) >= 11 is 0. The first-order chi connectivity index (χ1) is 10.4. The summed E-state index contributed by atoms with van der Waals surface area (Å²) in [4.78, 5) is 25.2. The van der Waals surface area contributed by atoms with Gasteiger partial charge in [-0.15, -0.1) is 0 Å². The predicted octanol–water partition coefficient (Wildman–Crippen LogP) is 1.82. The summed E-state index contributed by atoms with van der Waals surface area (Å²) < 4.78 is 0. The average molecular weight is 305 g/mol. The Morgan fingerprint density at radius 2 is 1.86 bits per heavy atom. The normalized spacial score (nSPS) is 11.7. The number of nitrogens with one attached hydrogen (secondary N) is 2. The van der Waals surface area contributed by atoms with Crippen molar-refractivity contribution in [2.24, 2.45) is 0 Å². The molecular weight excluding hydrogens is 278 g/mol. The molecule has 5 nitrogen and oxygen atoms in total. The summed E-state index contributed by atoms with van der Waals surface area (Å²) in [6.45, 7) is 6.04. The zero-order chi connectivity index (χ0) is 16.7. The standard InChI is InChI=1S/C17H27N3O2/c1-6-13-8-9-14(7-2)15(10-13)18-11-16(21)19-12(3)17(22)20(4)5/h8-10,12,18H,6-7,11H2,1-5H3,(H,19,21). The van der Waals surface area contributed by atoms with Crippen molar-refractivity contribution in [1.29, 1.82) is 0 Å². The molecule has 0 bridgehead atoms. The lowest BCUT2D eigenvalue weighted by atomic mass is 10.1. The summed E-state index contributed by atoms with van der Waals surface area (Å²) in [6, 6.07) is 5.77. The van der Waals surface area contributed by atoms with E-state index in [2.05, 4.69) is 42.7 Å². The molecule has 0 fully saturated rings. The Kier molecular flexibility index (Phi) is 6.89. The van der Waals surface area contributed by atoms with Crippen LogP contribution < -0.4 is 10.6 Å². The lowest BCUT2D eigenvalue weighted by Gasteiger charge is -2.18. The summed E-state index contributed by atoms with van der Waals surface area (Å²) in [5, 5.41) is 5.88. The van der Waals surface area contributed by atoms with E-state index < -0.39 is 6.04 Å². The topological polar surface area (TPSA) is 61.4 Å². The van der Waals surface area contributed by atoms with E-state index in [1.807, 2.05) is 0 Å². The molecule has 0 aliphatic carbocycles. The maximum absolute atomic E-state index is 12.0. The van der Waals surface area contributed by atoms with Gasteiger partial charge in [0.15, 0.2) is 0 Å². The van der Waals surface area contributed by atoms with Gasteiger partial charge in [-0.25, -0.2) is 0 Å². The predicted molar refractivity (Wildman–Crippen MR) is 90.0 cm³/mol. The molecule has 0 aliphatic heterocycles. The van der Waals surface area contributed by atoms with E-state index in [9.17, 15) is 9.59 Å². The van der Waals surface area contributed by atoms with E-state index in [1.165, 1.54) is 16.0 Å². The fraction of sp³-hybridized carbons (Fsp3) is 0.529. The van der Waals surface area contributed by atoms with Gasteiger partial charge in [-0.3, -0.25) is 9.59 Å². The number of hydrogen-bond acceptors (Lipinski definition) is 3. The van der Waals surface area contributed by atoms with Crippen LogP contribution in [0.4, 0.5) is 5.69 Å². The zero-order valence-corrected chi connectivity index (χ0v) is 14.2. The maximum Gasteiger partial charge on any atom is 0.244 e. The Morgan fingerprint density at radius 3 is 2.41 bits per heavy atom. The Bertz CT molecular complexity index is 527. The minimum absolute atomic E-state index is 0.115. The molecule has 1 aromatic rings. The first-order valence-electron chi connectivity index (χ1n) is 7.75. The molecule has 0 heterocycles. The van der Waals surface area contributed by atoms with Crippen molar-refractivity contribution >= 4 is 17.5 Å². The van der Waals surface area contributed by atoms with Gasteiger partial charge in [-0.1, -0.05) is 26.0 Å². The van der Waals surface area contributed by atoms with Gasteiger partial charge in [0.05, 0.1) is 6.54 Å². The highest BCUT2D eigenvalue weighted by molar-refractivity contribution is 5.88. The van der Waals surface area contributed by atoms with Crippen LogP contribution in [0, 0.1) is 0 Å². The van der Waals surface area contributed by atoms with Crippen LogP contribution in [-0.4, -0.2) is 43.4 Å². The highest BCUT2D eigenvalue weighted by atomic mass is 16.2. The van der Waals surface area contributed by atoms with Crippen LogP contribution in [0.3, 0.4) is 0 Å². The molecule has 122 valence electrons. The van der Waals surface area contributed by atoms with Crippen LogP contribution in [0.1, 0.15) is 31.9 Å². The van der Waals surface area contributed by atoms with E-state index in [1.54, 1.807) is 21.0 Å². The number of aryl methyl sites for hydroxylation is 2. The second-order valence-corrected chi connectivity index (χ2v) is 5.57. The molecule has 5 heteroatoms. The fourth-order valence-electron chi connectivity index (χ4n) is 2.23. The van der Waals surface area contributed by atoms with Crippen molar-refractivity contribution in [1.82, 2.24) is 10.2 Å². The molecule has 1 unspecified atom stereocenters. The minimum Gasteiger partial charge on any atom is -0.376 e. The monoisotopic (exact) mass is 305 g/mol. The van der Waals surface area contributed by atoms with Gasteiger partial charge in [0.25, 0.3) is 0 Å². The third kappa shape index (κ3) is 5.06. The minimum atomic E-state index is -0.517. The number of nitrogens with zero attached hydrogens (tertiary/aromatic N) is 1. The highest BCUT2D eigenvalue weighted by Gasteiger charge is 2.17. The van der Waals surface area contributed by atoms with Gasteiger partial charge >= 0.3 is 0 Å². The smallest absolute Gasteiger partial charge is 0.244 e. The largest absolute Gasteiger partial charge is 0.376 e. The van der Waals surface area contributed by atoms with E-state index in [4.69, 9.17) is 0 Å². The fourth-order valence-corrected chi connectivity index (χ4v) is 2.23. The Morgan fingerprint density at radius 1 is 1.18 bits per heavy atom. The molecule has 22 heavy (non-hydrogen) atoms. The van der Waals surface area contributed by atoms with Crippen LogP contribution in [0.25, 0.3) is 0 Å². The molecule has 0 radical (unpaired) electrons. The molecule has 0 spiro atoms. The van der Waals surface area contributed by atoms with Crippen LogP contribution in [0.15, 0.2) is 18.2 Å². The lowest BCUT2D eigenvalue weighted by Crippen LogP contribution is -2.46. The van der Waals surface area contributed by atoms with Crippen LogP contribution in [-0.2, 0) is 22.4 Å². The molecule has 2 N–H and O–H groups in total. The van der Waals surface area contributed by atoms with Crippen LogP contribution in [0.5, 0.6) is 0 Å². The number of carbonyl (C=O) groups excluding carboxylic acids is 2. The van der Waals surface area contributed by atoms with Gasteiger partial charge in [0, 0.05) is 19.8 Å². The summed E-state index contributed by atoms with van der Waals surface area (Å²) in [7, 11) is 3.35. The average Bonchev–Trinajstić information content (AvgIpc) is 2.51. The van der Waals surface area contributed by atoms with Gasteiger partial charge < -0.3 is 15.5 Å². The Labute approximate surface area is 133 Å². The summed E-state index contributed by atoms with van der Waals surface area (Å²) in [5.41, 5.74) is 3.40. The number of amides is 2. The molecule has 1 atom stereocenters. The van der Waals surface area contributed by atoms with Crippen molar-refractivity contribution in [3.63, 3.8) is 0 Å². The second-order valence-electron chi connectivity index (χ2n) is 5.57. The molecule has 0 saturated carbocycles. The third-order valence-corrected chi connectivity index (χ3v) is 3.59. The quantitative estimate of drug-likeness (QED) is 0.808. The Balaban J connectivity index is 2.62. The van der Waals surface area contributed by atoms with E-state index in [0.29, 0.717) is 0 Å². The summed E-state index contributed by atoms with van der Waals surface area (Å²) in [5.74, 6) is -0.303. The van der Waals surface area contributed by atoms with Crippen LogP contribution in [0.2, 0.25) is 0 Å². The highest BCUT2D eigenvalue weighted by Crippen LogP contribution is 2.18.